The number of fused-ring (bicyclic) bond motifs is 6. The molecule has 5 aliphatic heterocycles. The Kier molecular flexibility index (Phi) is 13.5. The Bertz CT molecular complexity index is 1440. The molecule has 0 aromatic rings. The average molecular weight is 811 g/mol. The standard InChI is InChI=1S/C14H20O7.C14H22O4.C13H20O5/c1-6-11-7(2)12(18-8(3)15)13(19-9(4)16)14(21-11)20-10(5)17;1-6-8-7-9-11(17-13(2,3)15-9)12-10(8)16-14(4,5)18-12;1-12(2)15-8-5-7(6-14)9-11(10(8)17-12)18-13(3,4)16-9/h6-7,11-14H,1H2,2-5H3;6,8-12H,1,7H2,2-5H3;6-11H,5H2,1-4H3/t7-,11+,12-,13+,14?;8-,9?,10-,11-,12?;7-,8?,9+,10+,11?/m110/s1. The Hall–Kier alpha value is -2.80. The zero-order valence-electron chi connectivity index (χ0n) is 35.3. The molecule has 0 radical (unpaired) electrons. The maximum absolute atomic E-state index is 11.3. The molecule has 2 saturated carbocycles. The summed E-state index contributed by atoms with van der Waals surface area (Å²) in [6.07, 6.45) is 1.75. The lowest BCUT2D eigenvalue weighted by Crippen LogP contribution is -2.57. The highest BCUT2D eigenvalue weighted by atomic mass is 16.8. The van der Waals surface area contributed by atoms with Gasteiger partial charge in [0.15, 0.2) is 29.3 Å². The molecule has 0 spiro atoms. The number of aldehydes is 1. The molecule has 7 rings (SSSR count). The maximum Gasteiger partial charge on any atom is 0.305 e. The molecule has 0 aromatic heterocycles. The zero-order valence-corrected chi connectivity index (χ0v) is 35.3. The summed E-state index contributed by atoms with van der Waals surface area (Å²) in [5.41, 5.74) is 0. The summed E-state index contributed by atoms with van der Waals surface area (Å²) < 4.78 is 68.4. The molecule has 2 aliphatic carbocycles. The highest BCUT2D eigenvalue weighted by Gasteiger charge is 2.61. The molecule has 15 atom stereocenters. The molecular weight excluding hydrogens is 748 g/mol. The van der Waals surface area contributed by atoms with Gasteiger partial charge in [0, 0.05) is 38.5 Å². The van der Waals surface area contributed by atoms with Crippen molar-refractivity contribution in [2.45, 2.75) is 193 Å². The first-order valence-corrected chi connectivity index (χ1v) is 19.7. The zero-order chi connectivity index (χ0) is 42.4. The molecule has 7 aliphatic rings. The number of carbonyl (C=O) groups is 4. The largest absolute Gasteiger partial charge is 0.458 e. The second-order valence-electron chi connectivity index (χ2n) is 17.4. The summed E-state index contributed by atoms with van der Waals surface area (Å²) in [5, 5.41) is 0. The van der Waals surface area contributed by atoms with Crippen LogP contribution in [0.15, 0.2) is 25.3 Å². The summed E-state index contributed by atoms with van der Waals surface area (Å²) in [4.78, 5) is 44.9. The third-order valence-corrected chi connectivity index (χ3v) is 10.8. The van der Waals surface area contributed by atoms with E-state index in [1.807, 2.05) is 61.5 Å². The van der Waals surface area contributed by atoms with Crippen molar-refractivity contribution in [3.8, 4) is 0 Å². The Labute approximate surface area is 335 Å². The van der Waals surface area contributed by atoms with Crippen LogP contribution in [0.2, 0.25) is 0 Å². The predicted octanol–water partition coefficient (Wildman–Crippen LogP) is 4.44. The smallest absolute Gasteiger partial charge is 0.305 e. The van der Waals surface area contributed by atoms with E-state index in [4.69, 9.17) is 56.8 Å². The fourth-order valence-corrected chi connectivity index (χ4v) is 8.83. The van der Waals surface area contributed by atoms with Gasteiger partial charge in [-0.1, -0.05) is 19.1 Å². The van der Waals surface area contributed by atoms with E-state index in [0.717, 1.165) is 12.7 Å². The maximum atomic E-state index is 11.3. The molecule has 0 aromatic carbocycles. The second-order valence-corrected chi connectivity index (χ2v) is 17.4. The number of ether oxygens (including phenoxy) is 12. The summed E-state index contributed by atoms with van der Waals surface area (Å²) in [6.45, 7) is 28.3. The van der Waals surface area contributed by atoms with Crippen LogP contribution in [-0.4, -0.2) is 121 Å². The predicted molar refractivity (Wildman–Crippen MR) is 199 cm³/mol. The number of esters is 3. The fourth-order valence-electron chi connectivity index (χ4n) is 8.83. The van der Waals surface area contributed by atoms with Gasteiger partial charge in [-0.15, -0.1) is 13.2 Å². The van der Waals surface area contributed by atoms with E-state index < -0.39 is 65.7 Å². The lowest BCUT2D eigenvalue weighted by Gasteiger charge is -2.42. The minimum Gasteiger partial charge on any atom is -0.458 e. The van der Waals surface area contributed by atoms with Crippen molar-refractivity contribution in [2.24, 2.45) is 17.8 Å². The van der Waals surface area contributed by atoms with Gasteiger partial charge in [0.05, 0.1) is 30.5 Å². The molecule has 322 valence electrons. The lowest BCUT2D eigenvalue weighted by molar-refractivity contribution is -0.273. The van der Waals surface area contributed by atoms with Gasteiger partial charge < -0.3 is 61.6 Å². The Morgan fingerprint density at radius 2 is 0.930 bits per heavy atom. The first-order chi connectivity index (χ1) is 26.4. The van der Waals surface area contributed by atoms with Gasteiger partial charge in [0.25, 0.3) is 0 Å². The van der Waals surface area contributed by atoms with Gasteiger partial charge in [-0.25, -0.2) is 0 Å². The molecule has 5 heterocycles. The van der Waals surface area contributed by atoms with Crippen LogP contribution in [0, 0.1) is 17.8 Å². The van der Waals surface area contributed by atoms with Crippen molar-refractivity contribution in [1.29, 1.82) is 0 Å². The van der Waals surface area contributed by atoms with Gasteiger partial charge >= 0.3 is 17.9 Å². The third kappa shape index (κ3) is 10.5. The van der Waals surface area contributed by atoms with Crippen molar-refractivity contribution in [2.75, 3.05) is 0 Å². The van der Waals surface area contributed by atoms with E-state index in [-0.39, 0.29) is 66.6 Å². The van der Waals surface area contributed by atoms with Gasteiger partial charge in [0.2, 0.25) is 12.4 Å². The van der Waals surface area contributed by atoms with E-state index >= 15 is 0 Å². The monoisotopic (exact) mass is 810 g/mol. The fraction of sp³-hybridized carbons (Fsp3) is 0.805. The Morgan fingerprint density at radius 1 is 0.544 bits per heavy atom. The van der Waals surface area contributed by atoms with E-state index in [1.165, 1.54) is 26.8 Å². The first-order valence-electron chi connectivity index (χ1n) is 19.7. The van der Waals surface area contributed by atoms with Crippen LogP contribution in [0.4, 0.5) is 0 Å². The molecule has 16 nitrogen and oxygen atoms in total. The Morgan fingerprint density at radius 3 is 1.35 bits per heavy atom. The van der Waals surface area contributed by atoms with Gasteiger partial charge in [-0.3, -0.25) is 14.4 Å². The van der Waals surface area contributed by atoms with Crippen LogP contribution >= 0.6 is 0 Å². The van der Waals surface area contributed by atoms with Crippen molar-refractivity contribution < 1.29 is 76.0 Å². The van der Waals surface area contributed by atoms with Crippen LogP contribution < -0.4 is 0 Å². The van der Waals surface area contributed by atoms with Gasteiger partial charge in [-0.05, 0) is 68.2 Å². The van der Waals surface area contributed by atoms with Crippen LogP contribution in [-0.2, 0) is 76.0 Å². The van der Waals surface area contributed by atoms with E-state index in [2.05, 4.69) is 13.2 Å². The van der Waals surface area contributed by atoms with Crippen LogP contribution in [0.5, 0.6) is 0 Å². The van der Waals surface area contributed by atoms with Gasteiger partial charge in [0.1, 0.15) is 30.7 Å². The highest BCUT2D eigenvalue weighted by molar-refractivity contribution is 5.68. The summed E-state index contributed by atoms with van der Waals surface area (Å²) >= 11 is 0. The van der Waals surface area contributed by atoms with Gasteiger partial charge in [-0.2, -0.15) is 0 Å². The molecule has 57 heavy (non-hydrogen) atoms. The van der Waals surface area contributed by atoms with E-state index in [1.54, 1.807) is 6.92 Å². The van der Waals surface area contributed by atoms with Crippen molar-refractivity contribution in [1.82, 2.24) is 0 Å². The van der Waals surface area contributed by atoms with E-state index in [9.17, 15) is 19.2 Å². The lowest BCUT2D eigenvalue weighted by atomic mass is 9.81. The number of rotatable bonds is 6. The minimum absolute atomic E-state index is 0.0243. The first kappa shape index (κ1) is 45.3. The Balaban J connectivity index is 0.000000164. The summed E-state index contributed by atoms with van der Waals surface area (Å²) in [6, 6.07) is 0. The van der Waals surface area contributed by atoms with Crippen molar-refractivity contribution >= 4 is 24.2 Å². The summed E-state index contributed by atoms with van der Waals surface area (Å²) in [5.74, 6) is -4.34. The highest BCUT2D eigenvalue weighted by Crippen LogP contribution is 2.48. The number of hydrogen-bond donors (Lipinski definition) is 0. The molecule has 5 unspecified atom stereocenters. The second kappa shape index (κ2) is 17.1. The molecule has 0 bridgehead atoms. The summed E-state index contributed by atoms with van der Waals surface area (Å²) in [7, 11) is 0. The van der Waals surface area contributed by atoms with Crippen LogP contribution in [0.3, 0.4) is 0 Å². The van der Waals surface area contributed by atoms with Crippen molar-refractivity contribution in [3.63, 3.8) is 0 Å². The molecule has 0 amide bonds. The number of carbonyl (C=O) groups excluding carboxylic acids is 4. The topological polar surface area (TPSA) is 179 Å². The average Bonchev–Trinajstić information content (AvgIpc) is 3.79. The molecule has 7 fully saturated rings. The minimum atomic E-state index is -1.16. The molecule has 5 saturated heterocycles. The van der Waals surface area contributed by atoms with Crippen LogP contribution in [0.25, 0.3) is 0 Å². The van der Waals surface area contributed by atoms with Crippen molar-refractivity contribution in [3.05, 3.63) is 25.3 Å². The third-order valence-electron chi connectivity index (χ3n) is 10.8. The molecular formula is C41H62O16. The molecule has 16 heteroatoms. The molecule has 0 N–H and O–H groups in total. The SMILES string of the molecule is C=C[C@@H]1CC2OC(C)(C)O[C@H]2C2OC(C)(C)O[C@@H]21.C=C[C@@H]1OC(OC(C)=O)[C@@H](OC(C)=O)[C@H](OC(C)=O)[C@@H]1C.CC1(C)OC2C[C@@H](C=O)[C@H]3OC(C)(C)OC3[C@@H]2O1. The van der Waals surface area contributed by atoms with E-state index in [0.29, 0.717) is 6.42 Å². The van der Waals surface area contributed by atoms with Crippen LogP contribution in [0.1, 0.15) is 95.9 Å². The quantitative estimate of drug-likeness (QED) is 0.159. The number of hydrogen-bond acceptors (Lipinski definition) is 16. The normalized spacial score (nSPS) is 42.4.